The molecule has 1 aromatic carbocycles. The lowest BCUT2D eigenvalue weighted by Gasteiger charge is -2.08. The van der Waals surface area contributed by atoms with Crippen molar-refractivity contribution in [3.8, 4) is 0 Å². The molecule has 0 saturated heterocycles. The fourth-order valence-corrected chi connectivity index (χ4v) is 1.46. The first kappa shape index (κ1) is 11.3. The number of nitrogens with zero attached hydrogens (tertiary/aromatic N) is 1. The van der Waals surface area contributed by atoms with Gasteiger partial charge in [0, 0.05) is 24.6 Å². The van der Waals surface area contributed by atoms with Gasteiger partial charge in [-0.3, -0.25) is 9.78 Å². The summed E-state index contributed by atoms with van der Waals surface area (Å²) in [6.07, 6.45) is 3.86. The van der Waals surface area contributed by atoms with E-state index in [-0.39, 0.29) is 5.82 Å². The predicted octanol–water partition coefficient (Wildman–Crippen LogP) is 2.65. The summed E-state index contributed by atoms with van der Waals surface area (Å²) < 4.78 is 12.7. The molecule has 2 rings (SSSR count). The molecule has 86 valence electrons. The van der Waals surface area contributed by atoms with Gasteiger partial charge in [-0.25, -0.2) is 4.39 Å². The molecule has 0 aliphatic rings. The van der Waals surface area contributed by atoms with Crippen molar-refractivity contribution < 1.29 is 9.18 Å². The number of hydrogen-bond acceptors (Lipinski definition) is 3. The Hall–Kier alpha value is -2.23. The Bertz CT molecular complexity index is 511. The van der Waals surface area contributed by atoms with E-state index in [4.69, 9.17) is 0 Å². The Labute approximate surface area is 98.3 Å². The van der Waals surface area contributed by atoms with Gasteiger partial charge in [0.2, 0.25) is 0 Å². The highest BCUT2D eigenvalue weighted by atomic mass is 19.1. The summed E-state index contributed by atoms with van der Waals surface area (Å²) >= 11 is 0. The zero-order valence-corrected chi connectivity index (χ0v) is 9.06. The molecule has 0 atom stereocenters. The second-order valence-electron chi connectivity index (χ2n) is 3.56. The molecule has 1 aromatic heterocycles. The highest BCUT2D eigenvalue weighted by Crippen LogP contribution is 2.13. The van der Waals surface area contributed by atoms with E-state index in [9.17, 15) is 9.18 Å². The van der Waals surface area contributed by atoms with Gasteiger partial charge in [-0.1, -0.05) is 12.1 Å². The van der Waals surface area contributed by atoms with Crippen molar-refractivity contribution in [3.63, 3.8) is 0 Å². The standard InChI is InChI=1S/C13H11FN2O/c14-12-3-1-10(2-4-12)7-16-13-5-6-15-8-11(13)9-17/h1-6,8-9H,7H2,(H,15,16). The van der Waals surface area contributed by atoms with Gasteiger partial charge in [-0.2, -0.15) is 0 Å². The SMILES string of the molecule is O=Cc1cnccc1NCc1ccc(F)cc1. The van der Waals surface area contributed by atoms with Gasteiger partial charge >= 0.3 is 0 Å². The summed E-state index contributed by atoms with van der Waals surface area (Å²) in [4.78, 5) is 14.6. The monoisotopic (exact) mass is 230 g/mol. The van der Waals surface area contributed by atoms with E-state index >= 15 is 0 Å². The first-order valence-corrected chi connectivity index (χ1v) is 5.17. The van der Waals surface area contributed by atoms with Crippen LogP contribution in [0.1, 0.15) is 15.9 Å². The van der Waals surface area contributed by atoms with Crippen molar-refractivity contribution >= 4 is 12.0 Å². The van der Waals surface area contributed by atoms with Crippen molar-refractivity contribution in [2.24, 2.45) is 0 Å². The van der Waals surface area contributed by atoms with Gasteiger partial charge in [0.25, 0.3) is 0 Å². The molecule has 0 spiro atoms. The lowest BCUT2D eigenvalue weighted by molar-refractivity contribution is 0.112. The van der Waals surface area contributed by atoms with Gasteiger partial charge < -0.3 is 5.32 Å². The van der Waals surface area contributed by atoms with Crippen LogP contribution in [-0.2, 0) is 6.54 Å². The zero-order chi connectivity index (χ0) is 12.1. The molecule has 17 heavy (non-hydrogen) atoms. The Morgan fingerprint density at radius 2 is 2.00 bits per heavy atom. The van der Waals surface area contributed by atoms with Gasteiger partial charge in [-0.15, -0.1) is 0 Å². The number of nitrogens with one attached hydrogen (secondary N) is 1. The zero-order valence-electron chi connectivity index (χ0n) is 9.06. The molecule has 0 aliphatic carbocycles. The van der Waals surface area contributed by atoms with Crippen molar-refractivity contribution in [1.29, 1.82) is 0 Å². The largest absolute Gasteiger partial charge is 0.380 e. The summed E-state index contributed by atoms with van der Waals surface area (Å²) in [5.74, 6) is -0.258. The number of rotatable bonds is 4. The lowest BCUT2D eigenvalue weighted by atomic mass is 10.2. The maximum Gasteiger partial charge on any atom is 0.153 e. The Kier molecular flexibility index (Phi) is 3.45. The highest BCUT2D eigenvalue weighted by Gasteiger charge is 2.00. The molecule has 0 fully saturated rings. The quantitative estimate of drug-likeness (QED) is 0.821. The second-order valence-corrected chi connectivity index (χ2v) is 3.56. The minimum absolute atomic E-state index is 0.258. The molecule has 0 saturated carbocycles. The molecule has 2 aromatic rings. The Balaban J connectivity index is 2.07. The van der Waals surface area contributed by atoms with E-state index in [0.29, 0.717) is 12.1 Å². The lowest BCUT2D eigenvalue weighted by Crippen LogP contribution is -2.02. The van der Waals surface area contributed by atoms with Crippen LogP contribution in [0.4, 0.5) is 10.1 Å². The Morgan fingerprint density at radius 3 is 2.71 bits per heavy atom. The van der Waals surface area contributed by atoms with E-state index in [2.05, 4.69) is 10.3 Å². The van der Waals surface area contributed by atoms with Crippen LogP contribution in [0.15, 0.2) is 42.7 Å². The first-order valence-electron chi connectivity index (χ1n) is 5.17. The molecule has 1 N–H and O–H groups in total. The summed E-state index contributed by atoms with van der Waals surface area (Å²) in [6.45, 7) is 0.533. The minimum Gasteiger partial charge on any atom is -0.380 e. The van der Waals surface area contributed by atoms with Crippen molar-refractivity contribution in [2.75, 3.05) is 5.32 Å². The van der Waals surface area contributed by atoms with Crippen molar-refractivity contribution in [2.45, 2.75) is 6.54 Å². The van der Waals surface area contributed by atoms with Crippen LogP contribution in [0, 0.1) is 5.82 Å². The molecular weight excluding hydrogens is 219 g/mol. The molecule has 0 bridgehead atoms. The van der Waals surface area contributed by atoms with Gasteiger partial charge in [0.1, 0.15) is 5.82 Å². The summed E-state index contributed by atoms with van der Waals surface area (Å²) in [5, 5.41) is 3.11. The van der Waals surface area contributed by atoms with Crippen molar-refractivity contribution in [1.82, 2.24) is 4.98 Å². The maximum absolute atomic E-state index is 12.7. The average molecular weight is 230 g/mol. The number of halogens is 1. The van der Waals surface area contributed by atoms with E-state index in [0.717, 1.165) is 17.5 Å². The Morgan fingerprint density at radius 1 is 1.24 bits per heavy atom. The fraction of sp³-hybridized carbons (Fsp3) is 0.0769. The molecule has 0 radical (unpaired) electrons. The van der Waals surface area contributed by atoms with Crippen LogP contribution < -0.4 is 5.32 Å². The van der Waals surface area contributed by atoms with Crippen LogP contribution in [-0.4, -0.2) is 11.3 Å². The van der Waals surface area contributed by atoms with Crippen LogP contribution in [0.25, 0.3) is 0 Å². The van der Waals surface area contributed by atoms with E-state index in [1.54, 1.807) is 24.4 Å². The molecule has 4 heteroatoms. The topological polar surface area (TPSA) is 42.0 Å². The third-order valence-corrected chi connectivity index (χ3v) is 2.38. The molecular formula is C13H11FN2O. The third kappa shape index (κ3) is 2.87. The number of aromatic nitrogens is 1. The minimum atomic E-state index is -0.258. The van der Waals surface area contributed by atoms with E-state index in [1.807, 2.05) is 0 Å². The van der Waals surface area contributed by atoms with Crippen LogP contribution in [0.2, 0.25) is 0 Å². The van der Waals surface area contributed by atoms with Crippen LogP contribution in [0.3, 0.4) is 0 Å². The highest BCUT2D eigenvalue weighted by molar-refractivity contribution is 5.83. The van der Waals surface area contributed by atoms with E-state index in [1.165, 1.54) is 18.3 Å². The summed E-state index contributed by atoms with van der Waals surface area (Å²) in [7, 11) is 0. The first-order chi connectivity index (χ1) is 8.29. The molecule has 0 amide bonds. The molecule has 0 aliphatic heterocycles. The van der Waals surface area contributed by atoms with Crippen LogP contribution in [0.5, 0.6) is 0 Å². The number of benzene rings is 1. The smallest absolute Gasteiger partial charge is 0.153 e. The predicted molar refractivity (Wildman–Crippen MR) is 63.4 cm³/mol. The van der Waals surface area contributed by atoms with Gasteiger partial charge in [0.05, 0.1) is 5.56 Å². The summed E-state index contributed by atoms with van der Waals surface area (Å²) in [5.41, 5.74) is 2.17. The van der Waals surface area contributed by atoms with Gasteiger partial charge in [-0.05, 0) is 23.8 Å². The van der Waals surface area contributed by atoms with Gasteiger partial charge in [0.15, 0.2) is 6.29 Å². The number of carbonyl (C=O) groups is 1. The van der Waals surface area contributed by atoms with E-state index < -0.39 is 0 Å². The normalized spacial score (nSPS) is 9.94. The number of anilines is 1. The third-order valence-electron chi connectivity index (χ3n) is 2.38. The maximum atomic E-state index is 12.7. The summed E-state index contributed by atoms with van der Waals surface area (Å²) in [6, 6.07) is 7.94. The number of aldehydes is 1. The molecule has 3 nitrogen and oxygen atoms in total. The number of carbonyl (C=O) groups excluding carboxylic acids is 1. The molecule has 0 unspecified atom stereocenters. The molecule has 1 heterocycles. The second kappa shape index (κ2) is 5.21. The van der Waals surface area contributed by atoms with Crippen LogP contribution >= 0.6 is 0 Å². The van der Waals surface area contributed by atoms with Crippen molar-refractivity contribution in [3.05, 3.63) is 59.7 Å². The number of hydrogen-bond donors (Lipinski definition) is 1. The fourth-order valence-electron chi connectivity index (χ4n) is 1.46. The average Bonchev–Trinajstić information content (AvgIpc) is 2.38. The number of pyridine rings is 1.